The minimum Gasteiger partial charge on any atom is -0.444 e. The first-order chi connectivity index (χ1) is 7.06. The van der Waals surface area contributed by atoms with Crippen LogP contribution in [0.15, 0.2) is 21.2 Å². The Morgan fingerprint density at radius 2 is 2.20 bits per heavy atom. The fourth-order valence-electron chi connectivity index (χ4n) is 1.41. The molecule has 0 atom stereocenters. The minimum atomic E-state index is -0.0439. The van der Waals surface area contributed by atoms with Crippen molar-refractivity contribution < 1.29 is 9.21 Å². The van der Waals surface area contributed by atoms with E-state index in [0.717, 1.165) is 13.0 Å². The molecule has 0 unspecified atom stereocenters. The smallest absolute Gasteiger partial charge is 0.289 e. The SMILES string of the molecule is CCCN(C(=O)c1ccc(Br)o1)C(C)C. The lowest BCUT2D eigenvalue weighted by Gasteiger charge is -2.25. The predicted molar refractivity (Wildman–Crippen MR) is 62.9 cm³/mol. The molecule has 0 saturated carbocycles. The Bertz CT molecular complexity index is 333. The summed E-state index contributed by atoms with van der Waals surface area (Å²) in [5.41, 5.74) is 0. The van der Waals surface area contributed by atoms with Gasteiger partial charge in [0.15, 0.2) is 10.4 Å². The van der Waals surface area contributed by atoms with E-state index in [4.69, 9.17) is 4.42 Å². The number of amides is 1. The number of hydrogen-bond acceptors (Lipinski definition) is 2. The van der Waals surface area contributed by atoms with Gasteiger partial charge in [-0.2, -0.15) is 0 Å². The second-order valence-corrected chi connectivity index (χ2v) is 4.48. The maximum atomic E-state index is 12.0. The second-order valence-electron chi connectivity index (χ2n) is 3.70. The van der Waals surface area contributed by atoms with Gasteiger partial charge in [0.25, 0.3) is 5.91 Å². The zero-order valence-electron chi connectivity index (χ0n) is 9.29. The topological polar surface area (TPSA) is 33.5 Å². The summed E-state index contributed by atoms with van der Waals surface area (Å²) in [6.07, 6.45) is 0.950. The first-order valence-electron chi connectivity index (χ1n) is 5.12. The highest BCUT2D eigenvalue weighted by Crippen LogP contribution is 2.17. The van der Waals surface area contributed by atoms with Crippen LogP contribution in [-0.4, -0.2) is 23.4 Å². The molecule has 0 aromatic carbocycles. The molecule has 15 heavy (non-hydrogen) atoms. The third-order valence-electron chi connectivity index (χ3n) is 2.13. The van der Waals surface area contributed by atoms with Gasteiger partial charge in [0, 0.05) is 12.6 Å². The van der Waals surface area contributed by atoms with Gasteiger partial charge in [-0.1, -0.05) is 6.92 Å². The quantitative estimate of drug-likeness (QED) is 0.844. The van der Waals surface area contributed by atoms with Crippen molar-refractivity contribution in [1.29, 1.82) is 0 Å². The first-order valence-corrected chi connectivity index (χ1v) is 5.91. The number of hydrogen-bond donors (Lipinski definition) is 0. The van der Waals surface area contributed by atoms with Gasteiger partial charge >= 0.3 is 0 Å². The monoisotopic (exact) mass is 273 g/mol. The van der Waals surface area contributed by atoms with E-state index in [1.54, 1.807) is 12.1 Å². The molecule has 0 fully saturated rings. The first kappa shape index (κ1) is 12.3. The van der Waals surface area contributed by atoms with E-state index in [2.05, 4.69) is 22.9 Å². The molecule has 0 bridgehead atoms. The summed E-state index contributed by atoms with van der Waals surface area (Å²) < 4.78 is 5.84. The molecule has 0 spiro atoms. The fourth-order valence-corrected chi connectivity index (χ4v) is 1.71. The molecule has 0 radical (unpaired) electrons. The molecule has 0 aliphatic carbocycles. The van der Waals surface area contributed by atoms with Gasteiger partial charge < -0.3 is 9.32 Å². The van der Waals surface area contributed by atoms with Gasteiger partial charge in [-0.25, -0.2) is 0 Å². The normalized spacial score (nSPS) is 10.7. The van der Waals surface area contributed by atoms with Crippen LogP contribution < -0.4 is 0 Å². The lowest BCUT2D eigenvalue weighted by atomic mass is 10.2. The Labute approximate surface area is 98.6 Å². The van der Waals surface area contributed by atoms with Crippen LogP contribution in [-0.2, 0) is 0 Å². The molecule has 0 aliphatic heterocycles. The standard InChI is InChI=1S/C11H16BrNO2/c1-4-7-13(8(2)3)11(14)9-5-6-10(12)15-9/h5-6,8H,4,7H2,1-3H3. The number of carbonyl (C=O) groups excluding carboxylic acids is 1. The van der Waals surface area contributed by atoms with Crippen molar-refractivity contribution in [2.24, 2.45) is 0 Å². The van der Waals surface area contributed by atoms with Crippen LogP contribution in [0.5, 0.6) is 0 Å². The Hall–Kier alpha value is -0.770. The van der Waals surface area contributed by atoms with Crippen LogP contribution in [0.25, 0.3) is 0 Å². The van der Waals surface area contributed by atoms with Crippen molar-refractivity contribution in [3.8, 4) is 0 Å². The maximum absolute atomic E-state index is 12.0. The summed E-state index contributed by atoms with van der Waals surface area (Å²) >= 11 is 3.19. The van der Waals surface area contributed by atoms with E-state index in [9.17, 15) is 4.79 Å². The van der Waals surface area contributed by atoms with Crippen molar-refractivity contribution in [2.75, 3.05) is 6.54 Å². The summed E-state index contributed by atoms with van der Waals surface area (Å²) in [7, 11) is 0. The van der Waals surface area contributed by atoms with Crippen LogP contribution >= 0.6 is 15.9 Å². The van der Waals surface area contributed by atoms with Crippen LogP contribution in [0.3, 0.4) is 0 Å². The lowest BCUT2D eigenvalue weighted by Crippen LogP contribution is -2.37. The van der Waals surface area contributed by atoms with Crippen molar-refractivity contribution in [3.63, 3.8) is 0 Å². The molecule has 1 aromatic rings. The largest absolute Gasteiger partial charge is 0.444 e. The molecule has 0 aliphatic rings. The minimum absolute atomic E-state index is 0.0439. The maximum Gasteiger partial charge on any atom is 0.289 e. The zero-order valence-corrected chi connectivity index (χ0v) is 10.9. The zero-order chi connectivity index (χ0) is 11.4. The average Bonchev–Trinajstić information content (AvgIpc) is 2.59. The highest BCUT2D eigenvalue weighted by molar-refractivity contribution is 9.10. The highest BCUT2D eigenvalue weighted by atomic mass is 79.9. The summed E-state index contributed by atoms with van der Waals surface area (Å²) in [4.78, 5) is 13.8. The van der Waals surface area contributed by atoms with Gasteiger partial charge in [-0.15, -0.1) is 0 Å². The Morgan fingerprint density at radius 3 is 2.60 bits per heavy atom. The molecule has 1 aromatic heterocycles. The molecular formula is C11H16BrNO2. The number of halogens is 1. The number of carbonyl (C=O) groups is 1. The van der Waals surface area contributed by atoms with Gasteiger partial charge in [0.05, 0.1) is 0 Å². The van der Waals surface area contributed by atoms with E-state index >= 15 is 0 Å². The molecule has 4 heteroatoms. The van der Waals surface area contributed by atoms with Crippen molar-refractivity contribution >= 4 is 21.8 Å². The van der Waals surface area contributed by atoms with Gasteiger partial charge in [-0.3, -0.25) is 4.79 Å². The number of furan rings is 1. The summed E-state index contributed by atoms with van der Waals surface area (Å²) in [5.74, 6) is 0.349. The number of nitrogens with zero attached hydrogens (tertiary/aromatic N) is 1. The van der Waals surface area contributed by atoms with Crippen LogP contribution in [0, 0.1) is 0 Å². The van der Waals surface area contributed by atoms with Crippen LogP contribution in [0.2, 0.25) is 0 Å². The third-order valence-corrected chi connectivity index (χ3v) is 2.56. The van der Waals surface area contributed by atoms with Gasteiger partial charge in [-0.05, 0) is 48.3 Å². The van der Waals surface area contributed by atoms with Crippen molar-refractivity contribution in [1.82, 2.24) is 4.90 Å². The number of rotatable bonds is 4. The fraction of sp³-hybridized carbons (Fsp3) is 0.545. The Kier molecular flexibility index (Phi) is 4.39. The summed E-state index contributed by atoms with van der Waals surface area (Å²) in [5, 5.41) is 0. The van der Waals surface area contributed by atoms with Crippen LogP contribution in [0.4, 0.5) is 0 Å². The molecule has 0 N–H and O–H groups in total. The molecule has 1 rings (SSSR count). The average molecular weight is 274 g/mol. The molecular weight excluding hydrogens is 258 g/mol. The summed E-state index contributed by atoms with van der Waals surface area (Å²) in [6, 6.07) is 3.62. The molecule has 1 heterocycles. The molecule has 84 valence electrons. The Balaban J connectivity index is 2.80. The van der Waals surface area contributed by atoms with E-state index < -0.39 is 0 Å². The van der Waals surface area contributed by atoms with E-state index in [-0.39, 0.29) is 11.9 Å². The molecule has 3 nitrogen and oxygen atoms in total. The van der Waals surface area contributed by atoms with Crippen LogP contribution in [0.1, 0.15) is 37.7 Å². The van der Waals surface area contributed by atoms with E-state index in [1.807, 2.05) is 18.7 Å². The van der Waals surface area contributed by atoms with Gasteiger partial charge in [0.2, 0.25) is 0 Å². The summed E-state index contributed by atoms with van der Waals surface area (Å²) in [6.45, 7) is 6.83. The van der Waals surface area contributed by atoms with Crippen molar-refractivity contribution in [3.05, 3.63) is 22.6 Å². The molecule has 1 amide bonds. The van der Waals surface area contributed by atoms with Crippen molar-refractivity contribution in [2.45, 2.75) is 33.2 Å². The second kappa shape index (κ2) is 5.35. The predicted octanol–water partition coefficient (Wildman–Crippen LogP) is 3.30. The highest BCUT2D eigenvalue weighted by Gasteiger charge is 2.20. The third kappa shape index (κ3) is 3.09. The molecule has 0 saturated heterocycles. The van der Waals surface area contributed by atoms with E-state index in [1.165, 1.54) is 0 Å². The van der Waals surface area contributed by atoms with Gasteiger partial charge in [0.1, 0.15) is 0 Å². The van der Waals surface area contributed by atoms with E-state index in [0.29, 0.717) is 10.4 Å². The Morgan fingerprint density at radius 1 is 1.53 bits per heavy atom. The lowest BCUT2D eigenvalue weighted by molar-refractivity contribution is 0.0672.